The molecular weight excluding hydrogens is 952 g/mol. The number of carbonyl (C=O) groups is 3. The Morgan fingerprint density at radius 1 is 0.392 bits per heavy atom. The van der Waals surface area contributed by atoms with Gasteiger partial charge in [0.25, 0.3) is 0 Å². The van der Waals surface area contributed by atoms with E-state index in [1.165, 1.54) is 57.8 Å². The predicted octanol–water partition coefficient (Wildman–Crippen LogP) is 17.0. The number of carbonyl (C=O) groups excluding carboxylic acids is 3. The zero-order chi connectivity index (χ0) is 54.1. The van der Waals surface area contributed by atoms with Crippen LogP contribution in [0.3, 0.4) is 0 Å². The summed E-state index contributed by atoms with van der Waals surface area (Å²) in [6.45, 7) is 4.37. The van der Waals surface area contributed by atoms with E-state index in [9.17, 15) is 28.9 Å². The molecular formula is C62H103O11P. The van der Waals surface area contributed by atoms with Gasteiger partial charge in [-0.15, -0.1) is 0 Å². The average molecular weight is 1060 g/mol. The Morgan fingerprint density at radius 3 is 1.16 bits per heavy atom. The number of phosphoric acid groups is 1. The molecule has 0 fully saturated rings. The maximum absolute atomic E-state index is 12.9. The van der Waals surface area contributed by atoms with Gasteiger partial charge in [0.2, 0.25) is 0 Å². The number of aliphatic hydroxyl groups is 1. The number of aliphatic hydroxyl groups excluding tert-OH is 1. The lowest BCUT2D eigenvalue weighted by Crippen LogP contribution is -2.30. The van der Waals surface area contributed by atoms with E-state index in [0.717, 1.165) is 109 Å². The first kappa shape index (κ1) is 70.1. The van der Waals surface area contributed by atoms with Crippen LogP contribution in [0.25, 0.3) is 0 Å². The van der Waals surface area contributed by atoms with Crippen molar-refractivity contribution in [2.45, 2.75) is 238 Å². The summed E-state index contributed by atoms with van der Waals surface area (Å²) in [6, 6.07) is 0. The Bertz CT molecular complexity index is 1660. The van der Waals surface area contributed by atoms with Gasteiger partial charge in [-0.25, -0.2) is 4.57 Å². The molecule has 0 aliphatic rings. The number of phosphoric ester groups is 1. The summed E-state index contributed by atoms with van der Waals surface area (Å²) in [5, 5.41) is 9.77. The average Bonchev–Trinajstić information content (AvgIpc) is 3.39. The lowest BCUT2D eigenvalue weighted by molar-refractivity contribution is -0.161. The molecule has 0 spiro atoms. The highest BCUT2D eigenvalue weighted by Gasteiger charge is 2.28. The van der Waals surface area contributed by atoms with Gasteiger partial charge in [-0.2, -0.15) is 0 Å². The maximum Gasteiger partial charge on any atom is 0.472 e. The van der Waals surface area contributed by atoms with E-state index >= 15 is 0 Å². The monoisotopic (exact) mass is 1050 g/mol. The number of ether oxygens (including phenoxy) is 3. The highest BCUT2D eigenvalue weighted by atomic mass is 31.2. The summed E-state index contributed by atoms with van der Waals surface area (Å²) < 4.78 is 39.4. The van der Waals surface area contributed by atoms with Crippen molar-refractivity contribution in [2.75, 3.05) is 26.4 Å². The van der Waals surface area contributed by atoms with Crippen LogP contribution < -0.4 is 0 Å². The van der Waals surface area contributed by atoms with Crippen molar-refractivity contribution in [2.24, 2.45) is 0 Å². The fraction of sp³-hybridized carbons (Fsp3) is 0.661. The van der Waals surface area contributed by atoms with Crippen LogP contribution in [-0.4, -0.2) is 66.5 Å². The first-order valence-corrected chi connectivity index (χ1v) is 30.3. The second-order valence-electron chi connectivity index (χ2n) is 18.7. The molecule has 3 atom stereocenters. The third kappa shape index (κ3) is 53.0. The quantitative estimate of drug-likeness (QED) is 0.0197. The minimum atomic E-state index is -4.77. The molecule has 0 bridgehead atoms. The second kappa shape index (κ2) is 55.4. The Labute approximate surface area is 450 Å². The molecule has 0 heterocycles. The predicted molar refractivity (Wildman–Crippen MR) is 307 cm³/mol. The van der Waals surface area contributed by atoms with E-state index in [1.54, 1.807) is 0 Å². The number of hydrogen-bond acceptors (Lipinski definition) is 10. The minimum absolute atomic E-state index is 0.0939. The van der Waals surface area contributed by atoms with Crippen LogP contribution in [0.5, 0.6) is 0 Å². The first-order valence-electron chi connectivity index (χ1n) is 28.8. The molecule has 3 unspecified atom stereocenters. The van der Waals surface area contributed by atoms with Gasteiger partial charge in [0.15, 0.2) is 6.10 Å². The maximum atomic E-state index is 12.9. The van der Waals surface area contributed by atoms with Crippen LogP contribution in [0, 0.1) is 0 Å². The molecule has 0 rings (SSSR count). The lowest BCUT2D eigenvalue weighted by Gasteiger charge is -2.21. The first-order chi connectivity index (χ1) is 36.2. The molecule has 12 heteroatoms. The molecule has 0 saturated heterocycles. The van der Waals surface area contributed by atoms with Gasteiger partial charge in [-0.3, -0.25) is 23.4 Å². The summed E-state index contributed by atoms with van der Waals surface area (Å²) in [6.07, 6.45) is 66.4. The normalized spacial score (nSPS) is 14.2. The van der Waals surface area contributed by atoms with Crippen LogP contribution in [0.4, 0.5) is 0 Å². The van der Waals surface area contributed by atoms with E-state index < -0.39 is 57.8 Å². The van der Waals surface area contributed by atoms with Crippen molar-refractivity contribution in [3.05, 3.63) is 109 Å². The topological polar surface area (TPSA) is 155 Å². The summed E-state index contributed by atoms with van der Waals surface area (Å²) in [5.41, 5.74) is 0. The zero-order valence-electron chi connectivity index (χ0n) is 46.5. The molecule has 2 N–H and O–H groups in total. The highest BCUT2D eigenvalue weighted by Crippen LogP contribution is 2.43. The molecule has 0 saturated carbocycles. The largest absolute Gasteiger partial charge is 0.472 e. The van der Waals surface area contributed by atoms with Gasteiger partial charge in [-0.05, 0) is 96.3 Å². The van der Waals surface area contributed by atoms with Crippen molar-refractivity contribution in [3.8, 4) is 0 Å². The van der Waals surface area contributed by atoms with Crippen LogP contribution in [0.2, 0.25) is 0 Å². The number of hydrogen-bond donors (Lipinski definition) is 2. The standard InChI is InChI=1S/C62H103O11P/c1-4-7-10-13-16-19-21-23-25-27-29-31-33-35-37-40-42-45-48-51-60(64)69-55-59(57-71-74(67,68)70-56-58(54-63)72-61(65)52-49-46-43-39-18-15-12-9-6-3)73-62(66)53-50-47-44-41-38-36-34-32-30-28-26-24-22-20-17-14-11-8-5-2/h7,10,16-17,19-20,23-26,29-32,35,37,42,45,58-59,63H,4-6,8-9,11-15,18,21-22,27-28,33-34,36,38-41,43-44,46-57H2,1-3H3,(H,67,68)/b10-7-,19-16-,20-17-,25-23-,26-24-,31-29-,32-30-,37-35-,45-42-. The molecule has 0 aromatic rings. The third-order valence-corrected chi connectivity index (χ3v) is 12.6. The van der Waals surface area contributed by atoms with Gasteiger partial charge in [-0.1, -0.05) is 220 Å². The van der Waals surface area contributed by atoms with Gasteiger partial charge in [0, 0.05) is 19.3 Å². The van der Waals surface area contributed by atoms with Crippen LogP contribution in [0.1, 0.15) is 226 Å². The van der Waals surface area contributed by atoms with E-state index in [4.69, 9.17) is 23.3 Å². The van der Waals surface area contributed by atoms with Crippen molar-refractivity contribution >= 4 is 25.7 Å². The molecule has 0 radical (unpaired) electrons. The Morgan fingerprint density at radius 2 is 0.730 bits per heavy atom. The van der Waals surface area contributed by atoms with Gasteiger partial charge in [0.1, 0.15) is 12.7 Å². The molecule has 0 aromatic carbocycles. The summed E-state index contributed by atoms with van der Waals surface area (Å²) in [5.74, 6) is -1.59. The molecule has 0 aromatic heterocycles. The Balaban J connectivity index is 4.86. The SMILES string of the molecule is CC/C=C\C/C=C\C/C=C\C/C=C\C/C=C\C/C=C\CCC(=O)OCC(COP(=O)(O)OCC(CO)OC(=O)CCCCCCCCCCC)OC(=O)CCCCCCCC/C=C\C/C=C\C/C=C\CCCCC. The van der Waals surface area contributed by atoms with E-state index in [2.05, 4.69) is 118 Å². The molecule has 0 aliphatic heterocycles. The van der Waals surface area contributed by atoms with E-state index in [-0.39, 0.29) is 25.9 Å². The van der Waals surface area contributed by atoms with Crippen molar-refractivity contribution in [1.29, 1.82) is 0 Å². The Kier molecular flexibility index (Phi) is 52.5. The fourth-order valence-electron chi connectivity index (χ4n) is 7.33. The number of rotatable bonds is 52. The number of allylic oxidation sites excluding steroid dienone is 18. The van der Waals surface area contributed by atoms with Crippen molar-refractivity contribution in [3.63, 3.8) is 0 Å². The van der Waals surface area contributed by atoms with Gasteiger partial charge in [0.05, 0.1) is 19.8 Å². The smallest absolute Gasteiger partial charge is 0.462 e. The second-order valence-corrected chi connectivity index (χ2v) is 20.2. The van der Waals surface area contributed by atoms with E-state index in [1.807, 2.05) is 12.2 Å². The van der Waals surface area contributed by atoms with Crippen LogP contribution >= 0.6 is 7.82 Å². The van der Waals surface area contributed by atoms with Gasteiger partial charge < -0.3 is 24.2 Å². The third-order valence-electron chi connectivity index (χ3n) is 11.7. The molecule has 0 amide bonds. The minimum Gasteiger partial charge on any atom is -0.462 e. The summed E-state index contributed by atoms with van der Waals surface area (Å²) in [7, 11) is -4.77. The summed E-state index contributed by atoms with van der Waals surface area (Å²) in [4.78, 5) is 48.4. The van der Waals surface area contributed by atoms with E-state index in [0.29, 0.717) is 19.3 Å². The molecule has 0 aliphatic carbocycles. The van der Waals surface area contributed by atoms with Crippen molar-refractivity contribution in [1.82, 2.24) is 0 Å². The number of unbranched alkanes of at least 4 members (excludes halogenated alkanes) is 17. The highest BCUT2D eigenvalue weighted by molar-refractivity contribution is 7.47. The van der Waals surface area contributed by atoms with Crippen LogP contribution in [0.15, 0.2) is 109 Å². The summed E-state index contributed by atoms with van der Waals surface area (Å²) >= 11 is 0. The van der Waals surface area contributed by atoms with Crippen molar-refractivity contribution < 1.29 is 52.2 Å². The fourth-order valence-corrected chi connectivity index (χ4v) is 8.11. The number of esters is 3. The van der Waals surface area contributed by atoms with Crippen LogP contribution in [-0.2, 0) is 42.2 Å². The zero-order valence-corrected chi connectivity index (χ0v) is 47.4. The lowest BCUT2D eigenvalue weighted by atomic mass is 10.1. The Hall–Kier alpha value is -3.86. The molecule has 11 nitrogen and oxygen atoms in total. The molecule has 422 valence electrons. The van der Waals surface area contributed by atoms with Gasteiger partial charge >= 0.3 is 25.7 Å². The molecule has 74 heavy (non-hydrogen) atoms.